The van der Waals surface area contributed by atoms with Crippen LogP contribution in [0.4, 0.5) is 0 Å². The zero-order valence-electron chi connectivity index (χ0n) is 13.4. The monoisotopic (exact) mass is 320 g/mol. The number of fused-ring (bicyclic) bond motifs is 1. The first kappa shape index (κ1) is 14.5. The molecule has 1 aromatic heterocycles. The third-order valence-electron chi connectivity index (χ3n) is 4.68. The van der Waals surface area contributed by atoms with Gasteiger partial charge in [0.1, 0.15) is 6.61 Å². The summed E-state index contributed by atoms with van der Waals surface area (Å²) < 4.78 is 5.18. The molecule has 0 fully saturated rings. The number of dihydropyridines is 1. The van der Waals surface area contributed by atoms with Crippen LogP contribution >= 0.6 is 0 Å². The Kier molecular flexibility index (Phi) is 3.17. The number of esters is 1. The van der Waals surface area contributed by atoms with Crippen LogP contribution in [0.25, 0.3) is 10.9 Å². The fraction of sp³-hybridized carbons (Fsp3) is 0.278. The fourth-order valence-corrected chi connectivity index (χ4v) is 3.48. The van der Waals surface area contributed by atoms with Crippen LogP contribution in [-0.2, 0) is 16.0 Å². The molecule has 2 aliphatic heterocycles. The predicted octanol–water partition coefficient (Wildman–Crippen LogP) is 2.42. The second-order valence-corrected chi connectivity index (χ2v) is 6.01. The topological polar surface area (TPSA) is 90.8 Å². The molecule has 0 amide bonds. The number of H-pyrrole nitrogens is 1. The minimum atomic E-state index is -0.398. The van der Waals surface area contributed by atoms with Crippen molar-refractivity contribution in [2.45, 2.75) is 26.2 Å². The molecule has 0 saturated carbocycles. The molecule has 2 aromatic rings. The summed E-state index contributed by atoms with van der Waals surface area (Å²) in [5.74, 6) is -0.754. The SMILES string of the molecule is CCc1[nH]nc2ccc(C3C(C#N)=C(C)NC4=C3C(=O)OC4)cc12. The highest BCUT2D eigenvalue weighted by Gasteiger charge is 2.39. The number of aromatic amines is 1. The lowest BCUT2D eigenvalue weighted by Gasteiger charge is -2.25. The van der Waals surface area contributed by atoms with Crippen LogP contribution in [-0.4, -0.2) is 22.8 Å². The van der Waals surface area contributed by atoms with Crippen molar-refractivity contribution in [3.63, 3.8) is 0 Å². The van der Waals surface area contributed by atoms with Gasteiger partial charge in [-0.3, -0.25) is 5.10 Å². The molecule has 0 radical (unpaired) electrons. The van der Waals surface area contributed by atoms with Gasteiger partial charge in [0.25, 0.3) is 0 Å². The first-order chi connectivity index (χ1) is 11.6. The van der Waals surface area contributed by atoms with Gasteiger partial charge in [-0.25, -0.2) is 4.79 Å². The summed E-state index contributed by atoms with van der Waals surface area (Å²) in [6, 6.07) is 8.13. The third kappa shape index (κ3) is 1.95. The summed E-state index contributed by atoms with van der Waals surface area (Å²) >= 11 is 0. The van der Waals surface area contributed by atoms with Gasteiger partial charge in [0.15, 0.2) is 0 Å². The third-order valence-corrected chi connectivity index (χ3v) is 4.68. The molecule has 0 bridgehead atoms. The quantitative estimate of drug-likeness (QED) is 0.829. The lowest BCUT2D eigenvalue weighted by Crippen LogP contribution is -2.25. The summed E-state index contributed by atoms with van der Waals surface area (Å²) in [5, 5.41) is 21.1. The zero-order valence-corrected chi connectivity index (χ0v) is 13.4. The number of hydrogen-bond acceptors (Lipinski definition) is 5. The Morgan fingerprint density at radius 1 is 1.46 bits per heavy atom. The van der Waals surface area contributed by atoms with E-state index < -0.39 is 5.92 Å². The van der Waals surface area contributed by atoms with Crippen LogP contribution in [0.2, 0.25) is 0 Å². The van der Waals surface area contributed by atoms with E-state index in [0.717, 1.165) is 40.0 Å². The van der Waals surface area contributed by atoms with E-state index in [4.69, 9.17) is 4.74 Å². The second-order valence-electron chi connectivity index (χ2n) is 6.01. The van der Waals surface area contributed by atoms with Crippen LogP contribution in [0, 0.1) is 11.3 Å². The maximum atomic E-state index is 12.2. The number of cyclic esters (lactones) is 1. The Morgan fingerprint density at radius 3 is 3.04 bits per heavy atom. The molecule has 6 nitrogen and oxygen atoms in total. The number of aromatic nitrogens is 2. The number of carbonyl (C=O) groups is 1. The van der Waals surface area contributed by atoms with Crippen molar-refractivity contribution < 1.29 is 9.53 Å². The molecule has 1 unspecified atom stereocenters. The number of rotatable bonds is 2. The van der Waals surface area contributed by atoms with E-state index in [2.05, 4.69) is 28.5 Å². The van der Waals surface area contributed by atoms with Crippen LogP contribution in [0.15, 0.2) is 40.7 Å². The Hall–Kier alpha value is -3.07. The molecular weight excluding hydrogens is 304 g/mol. The van der Waals surface area contributed by atoms with Crippen molar-refractivity contribution in [2.24, 2.45) is 0 Å². The van der Waals surface area contributed by atoms with Gasteiger partial charge in [0, 0.05) is 16.8 Å². The van der Waals surface area contributed by atoms with Crippen molar-refractivity contribution in [1.29, 1.82) is 5.26 Å². The van der Waals surface area contributed by atoms with Gasteiger partial charge in [0.2, 0.25) is 0 Å². The van der Waals surface area contributed by atoms with E-state index in [9.17, 15) is 10.1 Å². The fourth-order valence-electron chi connectivity index (χ4n) is 3.48. The van der Waals surface area contributed by atoms with E-state index in [0.29, 0.717) is 11.1 Å². The summed E-state index contributed by atoms with van der Waals surface area (Å²) in [5.41, 5.74) is 5.44. The number of allylic oxidation sites excluding steroid dienone is 2. The summed E-state index contributed by atoms with van der Waals surface area (Å²) in [7, 11) is 0. The molecule has 0 aliphatic carbocycles. The van der Waals surface area contributed by atoms with Crippen LogP contribution < -0.4 is 5.32 Å². The molecule has 120 valence electrons. The van der Waals surface area contributed by atoms with Gasteiger partial charge < -0.3 is 10.1 Å². The molecule has 0 spiro atoms. The Morgan fingerprint density at radius 2 is 2.29 bits per heavy atom. The Balaban J connectivity index is 1.93. The lowest BCUT2D eigenvalue weighted by atomic mass is 9.81. The van der Waals surface area contributed by atoms with E-state index in [1.54, 1.807) is 0 Å². The average Bonchev–Trinajstić information content (AvgIpc) is 3.16. The molecule has 2 aliphatic rings. The predicted molar refractivity (Wildman–Crippen MR) is 87.6 cm³/mol. The maximum absolute atomic E-state index is 12.2. The smallest absolute Gasteiger partial charge is 0.337 e. The lowest BCUT2D eigenvalue weighted by molar-refractivity contribution is -0.136. The molecule has 1 aromatic carbocycles. The second kappa shape index (κ2) is 5.24. The van der Waals surface area contributed by atoms with Crippen LogP contribution in [0.3, 0.4) is 0 Å². The average molecular weight is 320 g/mol. The number of benzene rings is 1. The highest BCUT2D eigenvalue weighted by Crippen LogP contribution is 2.41. The largest absolute Gasteiger partial charge is 0.456 e. The number of aryl methyl sites for hydroxylation is 1. The van der Waals surface area contributed by atoms with Gasteiger partial charge in [-0.15, -0.1) is 0 Å². The number of nitrogens with one attached hydrogen (secondary N) is 2. The number of carbonyl (C=O) groups excluding carboxylic acids is 1. The van der Waals surface area contributed by atoms with Crippen LogP contribution in [0.5, 0.6) is 0 Å². The van der Waals surface area contributed by atoms with Crippen molar-refractivity contribution in [3.8, 4) is 6.07 Å². The van der Waals surface area contributed by atoms with Crippen molar-refractivity contribution in [1.82, 2.24) is 15.5 Å². The molecule has 0 saturated heterocycles. The first-order valence-corrected chi connectivity index (χ1v) is 7.89. The molecule has 2 N–H and O–H groups in total. The summed E-state index contributed by atoms with van der Waals surface area (Å²) in [4.78, 5) is 12.2. The first-order valence-electron chi connectivity index (χ1n) is 7.89. The van der Waals surface area contributed by atoms with Gasteiger partial charge in [-0.2, -0.15) is 10.4 Å². The van der Waals surface area contributed by atoms with Crippen LogP contribution in [0.1, 0.15) is 31.0 Å². The zero-order chi connectivity index (χ0) is 16.8. The maximum Gasteiger partial charge on any atom is 0.337 e. The Labute approximate surface area is 138 Å². The van der Waals surface area contributed by atoms with Gasteiger partial charge in [0.05, 0.1) is 34.3 Å². The summed E-state index contributed by atoms with van der Waals surface area (Å²) in [6.07, 6.45) is 0.835. The molecule has 4 rings (SSSR count). The van der Waals surface area contributed by atoms with E-state index in [1.807, 2.05) is 25.1 Å². The highest BCUT2D eigenvalue weighted by molar-refractivity contribution is 5.95. The van der Waals surface area contributed by atoms with Crippen molar-refractivity contribution in [3.05, 3.63) is 52.0 Å². The molecule has 6 heteroatoms. The number of nitrogens with zero attached hydrogens (tertiary/aromatic N) is 2. The number of hydrogen-bond donors (Lipinski definition) is 2. The molecule has 24 heavy (non-hydrogen) atoms. The minimum absolute atomic E-state index is 0.231. The van der Waals surface area contributed by atoms with E-state index >= 15 is 0 Å². The molecule has 1 atom stereocenters. The standard InChI is InChI=1S/C18H16N4O2/c1-3-13-11-6-10(4-5-14(11)22-21-13)16-12(7-19)9(2)20-15-8-24-18(23)17(15)16/h4-6,16,20H,3,8H2,1-2H3,(H,21,22). The highest BCUT2D eigenvalue weighted by atomic mass is 16.5. The molecular formula is C18H16N4O2. The minimum Gasteiger partial charge on any atom is -0.456 e. The van der Waals surface area contributed by atoms with Gasteiger partial charge in [-0.05, 0) is 31.0 Å². The normalized spacial score (nSPS) is 20.0. The Bertz CT molecular complexity index is 975. The molecule has 3 heterocycles. The van der Waals surface area contributed by atoms with Gasteiger partial charge in [-0.1, -0.05) is 13.0 Å². The van der Waals surface area contributed by atoms with E-state index in [-0.39, 0.29) is 12.6 Å². The van der Waals surface area contributed by atoms with Crippen molar-refractivity contribution >= 4 is 16.9 Å². The number of nitriles is 1. The summed E-state index contributed by atoms with van der Waals surface area (Å²) in [6.45, 7) is 4.14. The van der Waals surface area contributed by atoms with Gasteiger partial charge >= 0.3 is 5.97 Å². The van der Waals surface area contributed by atoms with E-state index in [1.165, 1.54) is 0 Å². The number of ether oxygens (including phenoxy) is 1. The van der Waals surface area contributed by atoms with Crippen molar-refractivity contribution in [2.75, 3.05) is 6.61 Å².